The van der Waals surface area contributed by atoms with Crippen molar-refractivity contribution in [1.82, 2.24) is 0 Å². The van der Waals surface area contributed by atoms with Crippen molar-refractivity contribution in [3.8, 4) is 5.75 Å². The zero-order valence-corrected chi connectivity index (χ0v) is 7.70. The first-order valence-corrected chi connectivity index (χ1v) is 4.85. The fourth-order valence-corrected chi connectivity index (χ4v) is 1.35. The van der Waals surface area contributed by atoms with Gasteiger partial charge in [0.15, 0.2) is 0 Å². The fraction of sp³-hybridized carbons (Fsp3) is 0.455. The van der Waals surface area contributed by atoms with Crippen molar-refractivity contribution in [3.05, 3.63) is 29.8 Å². The van der Waals surface area contributed by atoms with Gasteiger partial charge in [0.1, 0.15) is 5.75 Å². The van der Waals surface area contributed by atoms with Crippen molar-refractivity contribution in [2.45, 2.75) is 25.4 Å². The topological polar surface area (TPSA) is 35.2 Å². The smallest absolute Gasteiger partial charge is 0.122 e. The van der Waals surface area contributed by atoms with Crippen LogP contribution in [0, 0.1) is 0 Å². The summed E-state index contributed by atoms with van der Waals surface area (Å²) in [5, 5.41) is 0. The second-order valence-corrected chi connectivity index (χ2v) is 3.46. The van der Waals surface area contributed by atoms with Crippen LogP contribution < -0.4 is 10.5 Å². The lowest BCUT2D eigenvalue weighted by Gasteiger charge is -2.09. The van der Waals surface area contributed by atoms with Gasteiger partial charge in [-0.2, -0.15) is 0 Å². The molecule has 2 N–H and O–H groups in total. The second kappa shape index (κ2) is 3.79. The normalized spacial score (nSPS) is 15.8. The Hall–Kier alpha value is -1.02. The lowest BCUT2D eigenvalue weighted by atomic mass is 10.1. The fourth-order valence-electron chi connectivity index (χ4n) is 1.35. The zero-order valence-electron chi connectivity index (χ0n) is 7.70. The highest BCUT2D eigenvalue weighted by Gasteiger charge is 2.24. The van der Waals surface area contributed by atoms with Gasteiger partial charge in [-0.05, 0) is 37.4 Å². The number of hydrogen-bond acceptors (Lipinski definition) is 2. The van der Waals surface area contributed by atoms with Crippen molar-refractivity contribution in [2.75, 3.05) is 6.54 Å². The van der Waals surface area contributed by atoms with Gasteiger partial charge >= 0.3 is 0 Å². The third kappa shape index (κ3) is 2.22. The van der Waals surface area contributed by atoms with E-state index in [2.05, 4.69) is 6.07 Å². The average molecular weight is 177 g/mol. The maximum Gasteiger partial charge on any atom is 0.122 e. The molecule has 0 bridgehead atoms. The molecule has 0 heterocycles. The Morgan fingerprint density at radius 3 is 2.77 bits per heavy atom. The molecule has 70 valence electrons. The van der Waals surface area contributed by atoms with Crippen molar-refractivity contribution in [1.29, 1.82) is 0 Å². The zero-order chi connectivity index (χ0) is 9.10. The van der Waals surface area contributed by atoms with Crippen LogP contribution in [0.1, 0.15) is 18.4 Å². The van der Waals surface area contributed by atoms with E-state index in [0.717, 1.165) is 12.2 Å². The molecule has 0 atom stereocenters. The molecule has 0 spiro atoms. The predicted octanol–water partition coefficient (Wildman–Crippen LogP) is 1.73. The van der Waals surface area contributed by atoms with E-state index >= 15 is 0 Å². The van der Waals surface area contributed by atoms with Crippen LogP contribution in [0.15, 0.2) is 24.3 Å². The van der Waals surface area contributed by atoms with E-state index in [-0.39, 0.29) is 0 Å². The highest BCUT2D eigenvalue weighted by atomic mass is 16.5. The molecule has 2 nitrogen and oxygen atoms in total. The molecule has 0 aliphatic heterocycles. The van der Waals surface area contributed by atoms with E-state index in [1.54, 1.807) is 0 Å². The molecule has 1 aromatic carbocycles. The van der Waals surface area contributed by atoms with Gasteiger partial charge in [-0.15, -0.1) is 0 Å². The number of hydrogen-bond donors (Lipinski definition) is 1. The molecule has 0 aromatic heterocycles. The van der Waals surface area contributed by atoms with Gasteiger partial charge in [0, 0.05) is 0 Å². The summed E-state index contributed by atoms with van der Waals surface area (Å²) >= 11 is 0. The number of ether oxygens (including phenoxy) is 1. The van der Waals surface area contributed by atoms with Crippen molar-refractivity contribution in [2.24, 2.45) is 5.73 Å². The highest BCUT2D eigenvalue weighted by molar-refractivity contribution is 5.34. The van der Waals surface area contributed by atoms with Crippen molar-refractivity contribution >= 4 is 0 Å². The molecule has 0 saturated heterocycles. The van der Waals surface area contributed by atoms with Crippen LogP contribution in [0.3, 0.4) is 0 Å². The lowest BCUT2D eigenvalue weighted by Crippen LogP contribution is -2.05. The molecular formula is C11H15NO. The Morgan fingerprint density at radius 1 is 1.31 bits per heavy atom. The van der Waals surface area contributed by atoms with Crippen LogP contribution in [0.2, 0.25) is 0 Å². The highest BCUT2D eigenvalue weighted by Crippen LogP contribution is 2.28. The Kier molecular flexibility index (Phi) is 2.50. The van der Waals surface area contributed by atoms with E-state index < -0.39 is 0 Å². The summed E-state index contributed by atoms with van der Waals surface area (Å²) in [5.41, 5.74) is 6.75. The summed E-state index contributed by atoms with van der Waals surface area (Å²) in [6, 6.07) is 8.16. The Balaban J connectivity index is 2.10. The summed E-state index contributed by atoms with van der Waals surface area (Å²) in [6.07, 6.45) is 3.79. The van der Waals surface area contributed by atoms with Crippen LogP contribution in [0.25, 0.3) is 0 Å². The summed E-state index contributed by atoms with van der Waals surface area (Å²) in [7, 11) is 0. The van der Waals surface area contributed by atoms with Gasteiger partial charge in [0.25, 0.3) is 0 Å². The first-order chi connectivity index (χ1) is 6.40. The Bertz CT molecular complexity index is 281. The second-order valence-electron chi connectivity index (χ2n) is 3.46. The van der Waals surface area contributed by atoms with E-state index in [1.807, 2.05) is 18.2 Å². The van der Waals surface area contributed by atoms with E-state index in [9.17, 15) is 0 Å². The van der Waals surface area contributed by atoms with E-state index in [0.29, 0.717) is 12.6 Å². The summed E-state index contributed by atoms with van der Waals surface area (Å²) in [4.78, 5) is 0. The minimum Gasteiger partial charge on any atom is -0.490 e. The van der Waals surface area contributed by atoms with Gasteiger partial charge in [0.2, 0.25) is 0 Å². The standard InChI is InChI=1S/C11H15NO/c12-8-7-9-3-1-2-4-11(9)13-10-5-6-10/h1-4,10H,5-8,12H2. The Morgan fingerprint density at radius 2 is 2.08 bits per heavy atom. The number of rotatable bonds is 4. The lowest BCUT2D eigenvalue weighted by molar-refractivity contribution is 0.300. The van der Waals surface area contributed by atoms with Gasteiger partial charge in [-0.1, -0.05) is 18.2 Å². The van der Waals surface area contributed by atoms with Crippen LogP contribution in [-0.4, -0.2) is 12.6 Å². The molecule has 1 saturated carbocycles. The van der Waals surface area contributed by atoms with Gasteiger partial charge in [-0.25, -0.2) is 0 Å². The van der Waals surface area contributed by atoms with Crippen molar-refractivity contribution < 1.29 is 4.74 Å². The molecule has 2 rings (SSSR count). The molecular weight excluding hydrogens is 162 g/mol. The van der Waals surface area contributed by atoms with Gasteiger partial charge in [0.05, 0.1) is 6.10 Å². The SMILES string of the molecule is NCCc1ccccc1OC1CC1. The average Bonchev–Trinajstić information content (AvgIpc) is 2.93. The number of nitrogens with two attached hydrogens (primary N) is 1. The minimum atomic E-state index is 0.471. The molecule has 1 fully saturated rings. The molecule has 0 radical (unpaired) electrons. The molecule has 1 aliphatic rings. The molecule has 0 amide bonds. The summed E-state index contributed by atoms with van der Waals surface area (Å²) in [6.45, 7) is 0.686. The largest absolute Gasteiger partial charge is 0.490 e. The number of para-hydroxylation sites is 1. The third-order valence-electron chi connectivity index (χ3n) is 2.20. The maximum absolute atomic E-state index is 5.75. The molecule has 1 aliphatic carbocycles. The van der Waals surface area contributed by atoms with Crippen molar-refractivity contribution in [3.63, 3.8) is 0 Å². The van der Waals surface area contributed by atoms with E-state index in [1.165, 1.54) is 18.4 Å². The predicted molar refractivity (Wildman–Crippen MR) is 52.9 cm³/mol. The Labute approximate surface area is 78.7 Å². The summed E-state index contributed by atoms with van der Waals surface area (Å²) in [5.74, 6) is 1.02. The summed E-state index contributed by atoms with van der Waals surface area (Å²) < 4.78 is 5.75. The first-order valence-electron chi connectivity index (χ1n) is 4.85. The third-order valence-corrected chi connectivity index (χ3v) is 2.20. The molecule has 1 aromatic rings. The number of benzene rings is 1. The van der Waals surface area contributed by atoms with Crippen LogP contribution in [0.4, 0.5) is 0 Å². The molecule has 2 heteroatoms. The monoisotopic (exact) mass is 177 g/mol. The molecule has 13 heavy (non-hydrogen) atoms. The van der Waals surface area contributed by atoms with E-state index in [4.69, 9.17) is 10.5 Å². The van der Waals surface area contributed by atoms with Crippen LogP contribution in [0.5, 0.6) is 5.75 Å². The molecule has 0 unspecified atom stereocenters. The minimum absolute atomic E-state index is 0.471. The maximum atomic E-state index is 5.75. The quantitative estimate of drug-likeness (QED) is 0.760. The van der Waals surface area contributed by atoms with Gasteiger partial charge < -0.3 is 10.5 Å². The van der Waals surface area contributed by atoms with Crippen LogP contribution in [-0.2, 0) is 6.42 Å². The first kappa shape index (κ1) is 8.57. The van der Waals surface area contributed by atoms with Crippen LogP contribution >= 0.6 is 0 Å². The van der Waals surface area contributed by atoms with Gasteiger partial charge in [-0.3, -0.25) is 0 Å².